The first-order valence-electron chi connectivity index (χ1n) is 11.4. The number of carbonyl (C=O) groups excluding carboxylic acids is 5. The minimum atomic E-state index is -1.00. The van der Waals surface area contributed by atoms with Crippen LogP contribution in [-0.2, 0) is 28.7 Å². The molecule has 0 aromatic heterocycles. The number of nitrogens with zero attached hydrogens (tertiary/aromatic N) is 1. The second kappa shape index (κ2) is 12.1. The van der Waals surface area contributed by atoms with Crippen LogP contribution in [0.1, 0.15) is 28.2 Å². The normalized spacial score (nSPS) is 19.1. The van der Waals surface area contributed by atoms with Crippen LogP contribution >= 0.6 is 39.3 Å². The van der Waals surface area contributed by atoms with E-state index in [0.717, 1.165) is 4.47 Å². The van der Waals surface area contributed by atoms with Crippen molar-refractivity contribution in [3.63, 3.8) is 0 Å². The topological polar surface area (TPSA) is 119 Å². The maximum Gasteiger partial charge on any atom is 0.355 e. The molecule has 12 heteroatoms. The Labute approximate surface area is 236 Å². The van der Waals surface area contributed by atoms with E-state index in [0.29, 0.717) is 16.7 Å². The fourth-order valence-corrected chi connectivity index (χ4v) is 5.69. The van der Waals surface area contributed by atoms with Gasteiger partial charge in [-0.15, -0.1) is 23.4 Å². The highest BCUT2D eigenvalue weighted by Gasteiger charge is 2.54. The second-order valence-electron chi connectivity index (χ2n) is 8.41. The number of nitrogens with one attached hydrogen (secondary N) is 1. The van der Waals surface area contributed by atoms with Gasteiger partial charge in [-0.2, -0.15) is 0 Å². The molecular weight excluding hydrogens is 600 g/mol. The van der Waals surface area contributed by atoms with Crippen LogP contribution in [0.3, 0.4) is 0 Å². The second-order valence-corrected chi connectivity index (χ2v) is 10.9. The van der Waals surface area contributed by atoms with Gasteiger partial charge in [0.05, 0.1) is 0 Å². The van der Waals surface area contributed by atoms with Crippen LogP contribution in [0.25, 0.3) is 0 Å². The standard InChI is InChI=1S/C26H22BrClN2O7S/c1-14(31)36-11-17-13-38-25-21(29-23(33)20(28)16-5-3-2-4-6-16)24(34)30(25)22(17)26(35)37-12-19(32)15-7-9-18(27)10-8-15/h2-10,20-21,25H,11-13H2,1H3,(H,29,33)/t20?,21-,25+/m1/s1. The number of esters is 2. The van der Waals surface area contributed by atoms with Gasteiger partial charge in [-0.1, -0.05) is 58.4 Å². The molecule has 1 unspecified atom stereocenters. The Balaban J connectivity index is 1.48. The van der Waals surface area contributed by atoms with Crippen molar-refractivity contribution in [2.75, 3.05) is 19.0 Å². The van der Waals surface area contributed by atoms with Crippen LogP contribution in [0.5, 0.6) is 0 Å². The van der Waals surface area contributed by atoms with E-state index in [4.69, 9.17) is 21.1 Å². The Hall–Kier alpha value is -3.15. The molecule has 4 rings (SSSR count). The summed E-state index contributed by atoms with van der Waals surface area (Å²) in [7, 11) is 0. The number of ketones is 1. The molecule has 2 heterocycles. The molecule has 0 aliphatic carbocycles. The molecule has 2 amide bonds. The number of ether oxygens (including phenoxy) is 2. The Bertz CT molecular complexity index is 1300. The molecule has 38 heavy (non-hydrogen) atoms. The van der Waals surface area contributed by atoms with E-state index in [2.05, 4.69) is 21.2 Å². The van der Waals surface area contributed by atoms with Gasteiger partial charge in [0.15, 0.2) is 12.4 Å². The lowest BCUT2D eigenvalue weighted by atomic mass is 10.0. The largest absolute Gasteiger partial charge is 0.461 e. The number of Topliss-reactive ketones (excluding diaryl/α,β-unsaturated/α-hetero) is 1. The number of hydrogen-bond donors (Lipinski definition) is 1. The molecule has 1 fully saturated rings. The number of fused-ring (bicyclic) bond motifs is 1. The molecule has 1 N–H and O–H groups in total. The SMILES string of the molecule is CC(=O)OCC1=C(C(=O)OCC(=O)c2ccc(Br)cc2)N2C(=O)[C@@H](NC(=O)C(Cl)c3ccccc3)[C@@H]2SC1. The molecule has 9 nitrogen and oxygen atoms in total. The van der Waals surface area contributed by atoms with Gasteiger partial charge >= 0.3 is 11.9 Å². The molecule has 0 spiro atoms. The highest BCUT2D eigenvalue weighted by Crippen LogP contribution is 2.41. The van der Waals surface area contributed by atoms with Gasteiger partial charge in [0.25, 0.3) is 5.91 Å². The van der Waals surface area contributed by atoms with Gasteiger partial charge in [0.2, 0.25) is 5.91 Å². The number of carbonyl (C=O) groups is 5. The molecule has 0 radical (unpaired) electrons. The third-order valence-corrected chi connectivity index (χ3v) is 8.13. The third kappa shape index (κ3) is 6.11. The highest BCUT2D eigenvalue weighted by atomic mass is 79.9. The van der Waals surface area contributed by atoms with Crippen molar-refractivity contribution in [3.05, 3.63) is 81.5 Å². The predicted molar refractivity (Wildman–Crippen MR) is 143 cm³/mol. The lowest BCUT2D eigenvalue weighted by Crippen LogP contribution is -2.71. The van der Waals surface area contributed by atoms with E-state index in [1.165, 1.54) is 23.6 Å². The van der Waals surface area contributed by atoms with Gasteiger partial charge in [0, 0.05) is 28.3 Å². The van der Waals surface area contributed by atoms with E-state index in [1.807, 2.05) is 0 Å². The summed E-state index contributed by atoms with van der Waals surface area (Å²) in [6.07, 6.45) is 0. The number of thioether (sulfide) groups is 1. The number of hydrogen-bond acceptors (Lipinski definition) is 8. The van der Waals surface area contributed by atoms with Gasteiger partial charge in [-0.3, -0.25) is 24.1 Å². The van der Waals surface area contributed by atoms with E-state index in [1.54, 1.807) is 54.6 Å². The summed E-state index contributed by atoms with van der Waals surface area (Å²) in [5.41, 5.74) is 1.19. The Morgan fingerprint density at radius 3 is 2.45 bits per heavy atom. The zero-order valence-electron chi connectivity index (χ0n) is 20.0. The molecule has 0 saturated carbocycles. The van der Waals surface area contributed by atoms with E-state index < -0.39 is 52.9 Å². The van der Waals surface area contributed by atoms with Gasteiger partial charge in [0.1, 0.15) is 29.1 Å². The lowest BCUT2D eigenvalue weighted by molar-refractivity contribution is -0.152. The van der Waals surface area contributed by atoms with Crippen LogP contribution in [0, 0.1) is 0 Å². The fraction of sp³-hybridized carbons (Fsp3) is 0.269. The van der Waals surface area contributed by atoms with Crippen molar-refractivity contribution >= 4 is 68.8 Å². The molecule has 198 valence electrons. The summed E-state index contributed by atoms with van der Waals surface area (Å²) in [6.45, 7) is 0.457. The maximum absolute atomic E-state index is 13.1. The molecule has 1 saturated heterocycles. The van der Waals surface area contributed by atoms with Crippen molar-refractivity contribution in [3.8, 4) is 0 Å². The fourth-order valence-electron chi connectivity index (χ4n) is 3.89. The first-order valence-corrected chi connectivity index (χ1v) is 13.7. The smallest absolute Gasteiger partial charge is 0.355 e. The number of amides is 2. The van der Waals surface area contributed by atoms with E-state index >= 15 is 0 Å². The van der Waals surface area contributed by atoms with Crippen molar-refractivity contribution in [2.24, 2.45) is 0 Å². The highest BCUT2D eigenvalue weighted by molar-refractivity contribution is 9.10. The summed E-state index contributed by atoms with van der Waals surface area (Å²) in [5, 5.41) is 1.06. The number of rotatable bonds is 9. The van der Waals surface area contributed by atoms with E-state index in [-0.39, 0.29) is 18.1 Å². The Morgan fingerprint density at radius 1 is 1.11 bits per heavy atom. The predicted octanol–water partition coefficient (Wildman–Crippen LogP) is 3.37. The van der Waals surface area contributed by atoms with E-state index in [9.17, 15) is 24.0 Å². The summed E-state index contributed by atoms with van der Waals surface area (Å²) in [5.74, 6) is -2.74. The van der Waals surface area contributed by atoms with Crippen LogP contribution in [0.2, 0.25) is 0 Å². The van der Waals surface area contributed by atoms with Crippen LogP contribution in [0.15, 0.2) is 70.3 Å². The summed E-state index contributed by atoms with van der Waals surface area (Å²) in [6, 6.07) is 14.3. The summed E-state index contributed by atoms with van der Waals surface area (Å²) in [4.78, 5) is 64.0. The van der Waals surface area contributed by atoms with Crippen LogP contribution < -0.4 is 5.32 Å². The van der Waals surface area contributed by atoms with Crippen molar-refractivity contribution in [2.45, 2.75) is 23.7 Å². The number of alkyl halides is 1. The number of β-lactam (4-membered cyclic amide) rings is 1. The lowest BCUT2D eigenvalue weighted by Gasteiger charge is -2.49. The molecule has 3 atom stereocenters. The quantitative estimate of drug-likeness (QED) is 0.196. The average Bonchev–Trinajstić information content (AvgIpc) is 2.92. The zero-order valence-corrected chi connectivity index (χ0v) is 23.2. The van der Waals surface area contributed by atoms with Crippen molar-refractivity contribution < 1.29 is 33.4 Å². The Kier molecular flexibility index (Phi) is 8.91. The third-order valence-electron chi connectivity index (χ3n) is 5.81. The van der Waals surface area contributed by atoms with Gasteiger partial charge < -0.3 is 14.8 Å². The Morgan fingerprint density at radius 2 is 1.79 bits per heavy atom. The summed E-state index contributed by atoms with van der Waals surface area (Å²) < 4.78 is 11.1. The molecule has 0 bridgehead atoms. The maximum atomic E-state index is 13.1. The van der Waals surface area contributed by atoms with Crippen LogP contribution in [-0.4, -0.2) is 64.8 Å². The first-order chi connectivity index (χ1) is 18.2. The number of halogens is 2. The minimum Gasteiger partial charge on any atom is -0.461 e. The molecular formula is C26H22BrClN2O7S. The zero-order chi connectivity index (χ0) is 27.4. The number of benzene rings is 2. The molecule has 2 aliphatic rings. The monoisotopic (exact) mass is 620 g/mol. The summed E-state index contributed by atoms with van der Waals surface area (Å²) >= 11 is 10.9. The first kappa shape index (κ1) is 27.9. The minimum absolute atomic E-state index is 0.0976. The average molecular weight is 622 g/mol. The van der Waals surface area contributed by atoms with Crippen molar-refractivity contribution in [1.82, 2.24) is 10.2 Å². The van der Waals surface area contributed by atoms with Gasteiger partial charge in [-0.25, -0.2) is 4.79 Å². The molecule has 2 aliphatic heterocycles. The molecule has 2 aromatic rings. The molecule has 2 aromatic carbocycles. The van der Waals surface area contributed by atoms with Crippen molar-refractivity contribution in [1.29, 1.82) is 0 Å². The van der Waals surface area contributed by atoms with Crippen LogP contribution in [0.4, 0.5) is 0 Å². The van der Waals surface area contributed by atoms with Gasteiger partial charge in [-0.05, 0) is 17.7 Å².